The summed E-state index contributed by atoms with van der Waals surface area (Å²) >= 11 is 5.13. The van der Waals surface area contributed by atoms with Crippen LogP contribution in [0.15, 0.2) is 59.0 Å². The van der Waals surface area contributed by atoms with Crippen molar-refractivity contribution in [1.29, 1.82) is 0 Å². The van der Waals surface area contributed by atoms with Gasteiger partial charge in [0.2, 0.25) is 0 Å². The SMILES string of the molecule is COc1ccc(NC(=S)NNC(=O)c2cc3ccccc3o2)cc1. The van der Waals surface area contributed by atoms with Gasteiger partial charge in [0.05, 0.1) is 7.11 Å². The molecule has 0 aliphatic heterocycles. The molecule has 3 rings (SSSR count). The Morgan fingerprint density at radius 3 is 2.54 bits per heavy atom. The van der Waals surface area contributed by atoms with Gasteiger partial charge in [0.15, 0.2) is 10.9 Å². The zero-order valence-corrected chi connectivity index (χ0v) is 13.6. The fourth-order valence-electron chi connectivity index (χ4n) is 2.11. The summed E-state index contributed by atoms with van der Waals surface area (Å²) in [6.07, 6.45) is 0. The summed E-state index contributed by atoms with van der Waals surface area (Å²) < 4.78 is 10.6. The predicted molar refractivity (Wildman–Crippen MR) is 96.0 cm³/mol. The number of carbonyl (C=O) groups is 1. The summed E-state index contributed by atoms with van der Waals surface area (Å²) in [4.78, 5) is 12.1. The number of hydrogen-bond acceptors (Lipinski definition) is 4. The lowest BCUT2D eigenvalue weighted by molar-refractivity contribution is 0.0918. The molecule has 0 spiro atoms. The van der Waals surface area contributed by atoms with Gasteiger partial charge in [0, 0.05) is 11.1 Å². The number of hydrogen-bond donors (Lipinski definition) is 3. The maximum absolute atomic E-state index is 12.1. The molecular weight excluding hydrogens is 326 g/mol. The number of anilines is 1. The van der Waals surface area contributed by atoms with Gasteiger partial charge in [-0.1, -0.05) is 18.2 Å². The first kappa shape index (κ1) is 15.8. The quantitative estimate of drug-likeness (QED) is 0.502. The summed E-state index contributed by atoms with van der Waals surface area (Å²) in [5.41, 5.74) is 6.55. The van der Waals surface area contributed by atoms with Crippen molar-refractivity contribution in [2.24, 2.45) is 0 Å². The van der Waals surface area contributed by atoms with Crippen LogP contribution in [0.5, 0.6) is 5.75 Å². The second kappa shape index (κ2) is 7.01. The number of amides is 1. The van der Waals surface area contributed by atoms with Gasteiger partial charge in [-0.05, 0) is 48.6 Å². The maximum Gasteiger partial charge on any atom is 0.305 e. The molecule has 3 aromatic rings. The van der Waals surface area contributed by atoms with Gasteiger partial charge < -0.3 is 14.5 Å². The molecule has 0 atom stereocenters. The van der Waals surface area contributed by atoms with Crippen LogP contribution in [0.2, 0.25) is 0 Å². The Hall–Kier alpha value is -3.06. The topological polar surface area (TPSA) is 75.5 Å². The fraction of sp³-hybridized carbons (Fsp3) is 0.0588. The van der Waals surface area contributed by atoms with Crippen molar-refractivity contribution >= 4 is 39.9 Å². The van der Waals surface area contributed by atoms with Crippen LogP contribution in [0.1, 0.15) is 10.6 Å². The Kier molecular flexibility index (Phi) is 4.62. The number of ether oxygens (including phenoxy) is 1. The van der Waals surface area contributed by atoms with E-state index in [9.17, 15) is 4.79 Å². The average molecular weight is 341 g/mol. The summed E-state index contributed by atoms with van der Waals surface area (Å²) in [5, 5.41) is 4.06. The number of benzene rings is 2. The van der Waals surface area contributed by atoms with Gasteiger partial charge in [-0.15, -0.1) is 0 Å². The number of fused-ring (bicyclic) bond motifs is 1. The smallest absolute Gasteiger partial charge is 0.305 e. The Balaban J connectivity index is 1.55. The van der Waals surface area contributed by atoms with Crippen LogP contribution in [-0.2, 0) is 0 Å². The third-order valence-electron chi connectivity index (χ3n) is 3.29. The molecule has 1 heterocycles. The Bertz CT molecular complexity index is 841. The summed E-state index contributed by atoms with van der Waals surface area (Å²) in [5.74, 6) is 0.540. The van der Waals surface area contributed by atoms with Gasteiger partial charge in [-0.2, -0.15) is 0 Å². The van der Waals surface area contributed by atoms with E-state index >= 15 is 0 Å². The lowest BCUT2D eigenvalue weighted by Crippen LogP contribution is -2.43. The van der Waals surface area contributed by atoms with Crippen molar-refractivity contribution in [3.8, 4) is 5.75 Å². The van der Waals surface area contributed by atoms with Crippen LogP contribution in [0.4, 0.5) is 5.69 Å². The maximum atomic E-state index is 12.1. The lowest BCUT2D eigenvalue weighted by atomic mass is 10.2. The molecule has 0 saturated carbocycles. The molecule has 1 amide bonds. The largest absolute Gasteiger partial charge is 0.497 e. The number of carbonyl (C=O) groups excluding carboxylic acids is 1. The van der Waals surface area contributed by atoms with E-state index in [1.165, 1.54) is 0 Å². The second-order valence-electron chi connectivity index (χ2n) is 4.91. The van der Waals surface area contributed by atoms with Gasteiger partial charge >= 0.3 is 5.91 Å². The fourth-order valence-corrected chi connectivity index (χ4v) is 2.27. The molecule has 2 aromatic carbocycles. The number of methoxy groups -OCH3 is 1. The minimum absolute atomic E-state index is 0.205. The highest BCUT2D eigenvalue weighted by Crippen LogP contribution is 2.18. The second-order valence-corrected chi connectivity index (χ2v) is 5.32. The summed E-state index contributed by atoms with van der Waals surface area (Å²) in [6.45, 7) is 0. The van der Waals surface area contributed by atoms with Crippen LogP contribution in [-0.4, -0.2) is 18.1 Å². The van der Waals surface area contributed by atoms with Gasteiger partial charge in [0.25, 0.3) is 0 Å². The first-order valence-corrected chi connectivity index (χ1v) is 7.56. The van der Waals surface area contributed by atoms with Gasteiger partial charge in [-0.25, -0.2) is 0 Å². The van der Waals surface area contributed by atoms with E-state index in [0.717, 1.165) is 16.8 Å². The number of nitrogens with one attached hydrogen (secondary N) is 3. The van der Waals surface area contributed by atoms with E-state index in [-0.39, 0.29) is 10.9 Å². The van der Waals surface area contributed by atoms with Crippen molar-refractivity contribution in [2.45, 2.75) is 0 Å². The average Bonchev–Trinajstić information content (AvgIpc) is 3.04. The third kappa shape index (κ3) is 3.64. The highest BCUT2D eigenvalue weighted by molar-refractivity contribution is 7.80. The minimum Gasteiger partial charge on any atom is -0.497 e. The van der Waals surface area contributed by atoms with E-state index in [2.05, 4.69) is 16.2 Å². The molecule has 0 radical (unpaired) electrons. The number of furan rings is 1. The van der Waals surface area contributed by atoms with Gasteiger partial charge in [-0.3, -0.25) is 15.6 Å². The molecule has 0 fully saturated rings. The Labute approximate surface area is 143 Å². The van der Waals surface area contributed by atoms with Crippen molar-refractivity contribution in [3.05, 3.63) is 60.4 Å². The Morgan fingerprint density at radius 1 is 1.08 bits per heavy atom. The van der Waals surface area contributed by atoms with Crippen LogP contribution >= 0.6 is 12.2 Å². The van der Waals surface area contributed by atoms with Crippen LogP contribution in [0, 0.1) is 0 Å². The minimum atomic E-state index is -0.412. The molecule has 0 aliphatic rings. The number of rotatable bonds is 3. The molecule has 1 aromatic heterocycles. The highest BCUT2D eigenvalue weighted by Gasteiger charge is 2.12. The zero-order valence-electron chi connectivity index (χ0n) is 12.8. The van der Waals surface area contributed by atoms with Crippen molar-refractivity contribution in [3.63, 3.8) is 0 Å². The van der Waals surface area contributed by atoms with Crippen molar-refractivity contribution in [1.82, 2.24) is 10.9 Å². The molecule has 7 heteroatoms. The molecule has 0 unspecified atom stereocenters. The molecular formula is C17H15N3O3S. The molecule has 0 aliphatic carbocycles. The van der Waals surface area contributed by atoms with E-state index in [4.69, 9.17) is 21.4 Å². The third-order valence-corrected chi connectivity index (χ3v) is 3.49. The standard InChI is InChI=1S/C17H15N3O3S/c1-22-13-8-6-12(7-9-13)18-17(24)20-19-16(21)15-10-11-4-2-3-5-14(11)23-15/h2-10H,1H3,(H,19,21)(H2,18,20,24). The monoisotopic (exact) mass is 341 g/mol. The molecule has 0 saturated heterocycles. The zero-order chi connectivity index (χ0) is 16.9. The molecule has 24 heavy (non-hydrogen) atoms. The van der Waals surface area contributed by atoms with E-state index in [0.29, 0.717) is 5.58 Å². The number of hydrazine groups is 1. The van der Waals surface area contributed by atoms with Crippen LogP contribution < -0.4 is 20.9 Å². The number of para-hydroxylation sites is 1. The first-order chi connectivity index (χ1) is 11.7. The summed E-state index contributed by atoms with van der Waals surface area (Å²) in [6, 6.07) is 16.3. The predicted octanol–water partition coefficient (Wildman–Crippen LogP) is 3.07. The molecule has 0 bridgehead atoms. The highest BCUT2D eigenvalue weighted by atomic mass is 32.1. The van der Waals surface area contributed by atoms with Gasteiger partial charge in [0.1, 0.15) is 11.3 Å². The normalized spacial score (nSPS) is 10.2. The van der Waals surface area contributed by atoms with E-state index < -0.39 is 5.91 Å². The van der Waals surface area contributed by atoms with Crippen molar-refractivity contribution in [2.75, 3.05) is 12.4 Å². The van der Waals surface area contributed by atoms with E-state index in [1.54, 1.807) is 31.4 Å². The molecule has 122 valence electrons. The molecule has 6 nitrogen and oxygen atoms in total. The first-order valence-electron chi connectivity index (χ1n) is 7.15. The lowest BCUT2D eigenvalue weighted by Gasteiger charge is -2.11. The molecule has 3 N–H and O–H groups in total. The summed E-state index contributed by atoms with van der Waals surface area (Å²) in [7, 11) is 1.60. The van der Waals surface area contributed by atoms with E-state index in [1.807, 2.05) is 30.3 Å². The van der Waals surface area contributed by atoms with Crippen LogP contribution in [0.3, 0.4) is 0 Å². The van der Waals surface area contributed by atoms with Crippen molar-refractivity contribution < 1.29 is 13.9 Å². The Morgan fingerprint density at radius 2 is 1.83 bits per heavy atom. The van der Waals surface area contributed by atoms with Crippen LogP contribution in [0.25, 0.3) is 11.0 Å². The number of thiocarbonyl (C=S) groups is 1.